The zero-order chi connectivity index (χ0) is 27.3. The van der Waals surface area contributed by atoms with E-state index in [1.165, 1.54) is 0 Å². The minimum atomic E-state index is -4.81. The number of carbonyl (C=O) groups excluding carboxylic acids is 2. The summed E-state index contributed by atoms with van der Waals surface area (Å²) in [6.07, 6.45) is -5.81. The first-order valence-corrected chi connectivity index (χ1v) is 11.9. The fourth-order valence-electron chi connectivity index (χ4n) is 4.04. The molecule has 0 spiro atoms. The molecule has 0 saturated heterocycles. The van der Waals surface area contributed by atoms with Gasteiger partial charge in [0, 0.05) is 9.86 Å². The molecule has 1 atom stereocenters. The van der Waals surface area contributed by atoms with Crippen molar-refractivity contribution in [3.8, 4) is 11.5 Å². The van der Waals surface area contributed by atoms with E-state index < -0.39 is 64.5 Å². The van der Waals surface area contributed by atoms with Crippen LogP contribution in [0.15, 0.2) is 45.7 Å². The van der Waals surface area contributed by atoms with Gasteiger partial charge >= 0.3 is 12.1 Å². The van der Waals surface area contributed by atoms with Crippen LogP contribution in [0, 0.1) is 0 Å². The van der Waals surface area contributed by atoms with Crippen molar-refractivity contribution in [3.05, 3.63) is 67.9 Å². The summed E-state index contributed by atoms with van der Waals surface area (Å²) in [6, 6.07) is 8.31. The van der Waals surface area contributed by atoms with Crippen LogP contribution in [-0.4, -0.2) is 33.7 Å². The van der Waals surface area contributed by atoms with Crippen molar-refractivity contribution in [3.63, 3.8) is 0 Å². The Bertz CT molecular complexity index is 1460. The number of hydrogen-bond acceptors (Lipinski definition) is 6. The highest BCUT2D eigenvalue weighted by molar-refractivity contribution is 9.10. The maximum absolute atomic E-state index is 13.9. The Hall–Kier alpha value is -3.54. The third kappa shape index (κ3) is 5.29. The molecule has 0 saturated carbocycles. The number of pyridine rings is 1. The van der Waals surface area contributed by atoms with Gasteiger partial charge in [-0.25, -0.2) is 0 Å². The highest BCUT2D eigenvalue weighted by atomic mass is 79.9. The quantitative estimate of drug-likeness (QED) is 0.432. The molecule has 1 unspecified atom stereocenters. The summed E-state index contributed by atoms with van der Waals surface area (Å²) in [4.78, 5) is 38.3. The first-order valence-electron chi connectivity index (χ1n) is 11.1. The molecule has 1 aromatic heterocycles. The number of alkyl halides is 3. The van der Waals surface area contributed by atoms with Crippen molar-refractivity contribution in [1.29, 1.82) is 0 Å². The fourth-order valence-corrected chi connectivity index (χ4v) is 4.30. The summed E-state index contributed by atoms with van der Waals surface area (Å²) in [5.74, 6) is -3.30. The first-order chi connectivity index (χ1) is 17.2. The van der Waals surface area contributed by atoms with Gasteiger partial charge in [-0.15, -0.1) is 0 Å². The minimum Gasteiger partial charge on any atom is -0.506 e. The molecule has 196 valence electrons. The molecule has 4 rings (SSSR count). The van der Waals surface area contributed by atoms with E-state index in [1.807, 2.05) is 0 Å². The predicted molar refractivity (Wildman–Crippen MR) is 131 cm³/mol. The Morgan fingerprint density at radius 3 is 2.41 bits per heavy atom. The number of aromatic nitrogens is 1. The van der Waals surface area contributed by atoms with Gasteiger partial charge < -0.3 is 19.9 Å². The number of carbonyl (C=O) groups is 2. The number of amides is 1. The van der Waals surface area contributed by atoms with Crippen LogP contribution in [0.2, 0.25) is 0 Å². The third-order valence-corrected chi connectivity index (χ3v) is 6.08. The van der Waals surface area contributed by atoms with E-state index in [1.54, 1.807) is 45.0 Å². The number of nitrogens with zero attached hydrogens (tertiary/aromatic N) is 1. The van der Waals surface area contributed by atoms with Crippen LogP contribution in [-0.2, 0) is 22.3 Å². The van der Waals surface area contributed by atoms with Crippen LogP contribution < -0.4 is 15.6 Å². The molecule has 37 heavy (non-hydrogen) atoms. The van der Waals surface area contributed by atoms with Crippen molar-refractivity contribution < 1.29 is 37.3 Å². The van der Waals surface area contributed by atoms with Gasteiger partial charge in [-0.05, 0) is 50.6 Å². The molecule has 2 aromatic carbocycles. The zero-order valence-corrected chi connectivity index (χ0v) is 21.5. The lowest BCUT2D eigenvalue weighted by molar-refractivity contribution is -0.153. The second kappa shape index (κ2) is 9.40. The van der Waals surface area contributed by atoms with Gasteiger partial charge in [0.25, 0.3) is 11.5 Å². The highest BCUT2D eigenvalue weighted by Crippen LogP contribution is 2.46. The second-order valence-electron chi connectivity index (χ2n) is 9.40. The summed E-state index contributed by atoms with van der Waals surface area (Å²) in [5.41, 5.74) is -3.47. The summed E-state index contributed by atoms with van der Waals surface area (Å²) in [6.45, 7) is 4.09. The van der Waals surface area contributed by atoms with Gasteiger partial charge in [0.05, 0.1) is 17.6 Å². The average Bonchev–Trinajstić information content (AvgIpc) is 2.79. The normalized spacial score (nSPS) is 15.3. The van der Waals surface area contributed by atoms with E-state index >= 15 is 0 Å². The number of aromatic hydroxyl groups is 1. The molecule has 8 nitrogen and oxygen atoms in total. The number of hydrogen-bond donors (Lipinski definition) is 2. The van der Waals surface area contributed by atoms with E-state index in [4.69, 9.17) is 9.47 Å². The minimum absolute atomic E-state index is 0.181. The van der Waals surface area contributed by atoms with Gasteiger partial charge in [0.1, 0.15) is 29.6 Å². The second-order valence-corrected chi connectivity index (χ2v) is 10.3. The predicted octanol–water partition coefficient (Wildman–Crippen LogP) is 4.69. The first kappa shape index (κ1) is 26.5. The number of esters is 1. The van der Waals surface area contributed by atoms with E-state index in [0.29, 0.717) is 5.56 Å². The summed E-state index contributed by atoms with van der Waals surface area (Å²) >= 11 is 3.29. The highest BCUT2D eigenvalue weighted by Gasteiger charge is 2.40. The molecule has 2 N–H and O–H groups in total. The third-order valence-electron chi connectivity index (χ3n) is 5.55. The molecule has 1 aliphatic rings. The molecule has 0 bridgehead atoms. The smallest absolute Gasteiger partial charge is 0.420 e. The SMILES string of the molecule is CC(C)(C)OC(=O)CNC(=O)c1c(O)c2ccc(C(F)(F)F)c3c2n(c1=O)CC(c1ccc(Br)cc1)O3. The summed E-state index contributed by atoms with van der Waals surface area (Å²) < 4.78 is 54.2. The van der Waals surface area contributed by atoms with Gasteiger partial charge in [-0.3, -0.25) is 19.0 Å². The molecule has 1 aliphatic heterocycles. The van der Waals surface area contributed by atoms with E-state index in [-0.39, 0.29) is 17.4 Å². The largest absolute Gasteiger partial charge is 0.506 e. The topological polar surface area (TPSA) is 107 Å². The molecule has 1 amide bonds. The zero-order valence-electron chi connectivity index (χ0n) is 19.9. The van der Waals surface area contributed by atoms with Crippen LogP contribution in [0.4, 0.5) is 13.2 Å². The van der Waals surface area contributed by atoms with Crippen LogP contribution in [0.3, 0.4) is 0 Å². The number of benzene rings is 2. The molecule has 2 heterocycles. The summed E-state index contributed by atoms with van der Waals surface area (Å²) in [7, 11) is 0. The maximum atomic E-state index is 13.9. The lowest BCUT2D eigenvalue weighted by Crippen LogP contribution is -2.39. The monoisotopic (exact) mass is 582 g/mol. The van der Waals surface area contributed by atoms with Crippen molar-refractivity contribution in [1.82, 2.24) is 9.88 Å². The van der Waals surface area contributed by atoms with Crippen molar-refractivity contribution in [2.24, 2.45) is 0 Å². The van der Waals surface area contributed by atoms with Crippen LogP contribution >= 0.6 is 15.9 Å². The molecule has 3 aromatic rings. The fraction of sp³-hybridized carbons (Fsp3) is 0.320. The van der Waals surface area contributed by atoms with E-state index in [9.17, 15) is 32.7 Å². The van der Waals surface area contributed by atoms with E-state index in [0.717, 1.165) is 21.2 Å². The average molecular weight is 583 g/mol. The van der Waals surface area contributed by atoms with Crippen molar-refractivity contribution in [2.75, 3.05) is 6.54 Å². The number of rotatable bonds is 4. The molecular formula is C25H22BrF3N2O6. The Morgan fingerprint density at radius 1 is 1.16 bits per heavy atom. The summed E-state index contributed by atoms with van der Waals surface area (Å²) in [5, 5.41) is 12.8. The molecular weight excluding hydrogens is 561 g/mol. The lowest BCUT2D eigenvalue weighted by Gasteiger charge is -2.30. The van der Waals surface area contributed by atoms with Gasteiger partial charge in [-0.2, -0.15) is 13.2 Å². The Balaban J connectivity index is 1.83. The van der Waals surface area contributed by atoms with E-state index in [2.05, 4.69) is 21.2 Å². The van der Waals surface area contributed by atoms with Crippen LogP contribution in [0.5, 0.6) is 11.5 Å². The number of halogens is 4. The van der Waals surface area contributed by atoms with Gasteiger partial charge in [0.2, 0.25) is 0 Å². The Morgan fingerprint density at radius 2 is 1.81 bits per heavy atom. The number of nitrogens with one attached hydrogen (secondary N) is 1. The maximum Gasteiger partial charge on any atom is 0.420 e. The molecule has 0 radical (unpaired) electrons. The molecule has 0 fully saturated rings. The van der Waals surface area contributed by atoms with Crippen LogP contribution in [0.1, 0.15) is 48.4 Å². The van der Waals surface area contributed by atoms with Gasteiger partial charge in [0.15, 0.2) is 5.75 Å². The Labute approximate surface area is 217 Å². The number of ether oxygens (including phenoxy) is 2. The van der Waals surface area contributed by atoms with Crippen molar-refractivity contribution in [2.45, 2.75) is 45.2 Å². The Kier molecular flexibility index (Phi) is 6.74. The standard InChI is InChI=1S/C25H22BrF3N2O6/c1-24(2,3)37-17(32)10-30-22(34)18-20(33)14-8-9-15(25(27,28)29)21-19(14)31(23(18)35)11-16(36-21)12-4-6-13(26)7-5-12/h4-9,16,33H,10-11H2,1-3H3,(H,30,34). The van der Waals surface area contributed by atoms with Crippen molar-refractivity contribution >= 4 is 38.7 Å². The molecule has 12 heteroatoms. The lowest BCUT2D eigenvalue weighted by atomic mass is 10.0. The van der Waals surface area contributed by atoms with Crippen LogP contribution in [0.25, 0.3) is 10.9 Å². The molecule has 0 aliphatic carbocycles. The van der Waals surface area contributed by atoms with Gasteiger partial charge in [-0.1, -0.05) is 28.1 Å².